The van der Waals surface area contributed by atoms with E-state index in [0.29, 0.717) is 6.61 Å². The van der Waals surface area contributed by atoms with Gasteiger partial charge in [0.15, 0.2) is 0 Å². The molecular weight excluding hydrogens is 190 g/mol. The van der Waals surface area contributed by atoms with Gasteiger partial charge in [0.2, 0.25) is 0 Å². The molecule has 0 aliphatic carbocycles. The predicted molar refractivity (Wildman–Crippen MR) is 50.6 cm³/mol. The summed E-state index contributed by atoms with van der Waals surface area (Å²) >= 11 is 4.99. The second-order valence-electron chi connectivity index (χ2n) is 2.30. The van der Waals surface area contributed by atoms with E-state index in [1.54, 1.807) is 0 Å². The zero-order chi connectivity index (χ0) is 9.52. The van der Waals surface area contributed by atoms with Crippen LogP contribution in [0.1, 0.15) is 5.56 Å². The van der Waals surface area contributed by atoms with Gasteiger partial charge in [-0.1, -0.05) is 35.5 Å². The molecule has 0 aromatic heterocycles. The minimum atomic E-state index is -0.645. The average molecular weight is 198 g/mol. The van der Waals surface area contributed by atoms with Crippen LogP contribution in [0.2, 0.25) is 0 Å². The molecule has 4 heteroatoms. The van der Waals surface area contributed by atoms with E-state index in [4.69, 9.17) is 16.4 Å². The standard InChI is InChI=1S/C9H8ClNO2/c10-9(12)6-11-13-7-8-4-2-1-3-5-8/h1-6H,7H2. The van der Waals surface area contributed by atoms with Crippen LogP contribution >= 0.6 is 11.6 Å². The smallest absolute Gasteiger partial charge is 0.266 e. The maximum atomic E-state index is 10.2. The second kappa shape index (κ2) is 5.32. The molecule has 13 heavy (non-hydrogen) atoms. The lowest BCUT2D eigenvalue weighted by Gasteiger charge is -1.97. The maximum Gasteiger partial charge on any atom is 0.266 e. The number of nitrogens with zero attached hydrogens (tertiary/aromatic N) is 1. The molecular formula is C9H8ClNO2. The molecule has 0 spiro atoms. The van der Waals surface area contributed by atoms with E-state index in [1.807, 2.05) is 30.3 Å². The average Bonchev–Trinajstić information content (AvgIpc) is 2.14. The molecule has 68 valence electrons. The van der Waals surface area contributed by atoms with Crippen molar-refractivity contribution < 1.29 is 9.63 Å². The molecule has 0 amide bonds. The van der Waals surface area contributed by atoms with E-state index in [-0.39, 0.29) is 0 Å². The van der Waals surface area contributed by atoms with Crippen LogP contribution in [0.5, 0.6) is 0 Å². The van der Waals surface area contributed by atoms with Crippen LogP contribution in [-0.2, 0) is 16.2 Å². The van der Waals surface area contributed by atoms with Crippen molar-refractivity contribution in [3.8, 4) is 0 Å². The summed E-state index contributed by atoms with van der Waals surface area (Å²) in [5.74, 6) is 0. The first-order valence-electron chi connectivity index (χ1n) is 3.68. The summed E-state index contributed by atoms with van der Waals surface area (Å²) in [7, 11) is 0. The molecule has 0 atom stereocenters. The molecule has 1 aromatic rings. The minimum Gasteiger partial charge on any atom is -0.391 e. The Labute approximate surface area is 81.0 Å². The first-order valence-corrected chi connectivity index (χ1v) is 4.05. The van der Waals surface area contributed by atoms with Gasteiger partial charge in [-0.3, -0.25) is 4.79 Å². The SMILES string of the molecule is O=C(Cl)C=NOCc1ccccc1. The first-order chi connectivity index (χ1) is 6.29. The third-order valence-corrected chi connectivity index (χ3v) is 1.40. The first kappa shape index (κ1) is 9.74. The fraction of sp³-hybridized carbons (Fsp3) is 0.111. The van der Waals surface area contributed by atoms with Crippen molar-refractivity contribution >= 4 is 23.1 Å². The fourth-order valence-corrected chi connectivity index (χ4v) is 0.805. The Bertz CT molecular complexity index is 298. The highest BCUT2D eigenvalue weighted by atomic mass is 35.5. The number of carbonyl (C=O) groups excluding carboxylic acids is 1. The van der Waals surface area contributed by atoms with Crippen molar-refractivity contribution in [3.05, 3.63) is 35.9 Å². The molecule has 0 bridgehead atoms. The van der Waals surface area contributed by atoms with Crippen LogP contribution in [0, 0.1) is 0 Å². The summed E-state index contributed by atoms with van der Waals surface area (Å²) in [5, 5.41) is 2.71. The van der Waals surface area contributed by atoms with E-state index < -0.39 is 5.24 Å². The number of halogens is 1. The van der Waals surface area contributed by atoms with Gasteiger partial charge in [0.25, 0.3) is 5.24 Å². The van der Waals surface area contributed by atoms with Crippen LogP contribution in [0.25, 0.3) is 0 Å². The summed E-state index contributed by atoms with van der Waals surface area (Å²) in [4.78, 5) is 15.0. The van der Waals surface area contributed by atoms with Crippen LogP contribution < -0.4 is 0 Å². The van der Waals surface area contributed by atoms with Crippen LogP contribution in [0.3, 0.4) is 0 Å². The summed E-state index contributed by atoms with van der Waals surface area (Å²) < 4.78 is 0. The highest BCUT2D eigenvalue weighted by Gasteiger charge is 1.90. The molecule has 3 nitrogen and oxygen atoms in total. The Kier molecular flexibility index (Phi) is 3.99. The van der Waals surface area contributed by atoms with E-state index in [0.717, 1.165) is 11.8 Å². The number of benzene rings is 1. The molecule has 1 aromatic carbocycles. The normalized spacial score (nSPS) is 10.2. The lowest BCUT2D eigenvalue weighted by Crippen LogP contribution is -1.90. The summed E-state index contributed by atoms with van der Waals surface area (Å²) in [6.07, 6.45) is 0.921. The molecule has 0 N–H and O–H groups in total. The van der Waals surface area contributed by atoms with E-state index >= 15 is 0 Å². The zero-order valence-electron chi connectivity index (χ0n) is 6.81. The third kappa shape index (κ3) is 4.28. The van der Waals surface area contributed by atoms with Gasteiger partial charge in [-0.15, -0.1) is 0 Å². The molecule has 0 aliphatic heterocycles. The summed E-state index contributed by atoms with van der Waals surface area (Å²) in [6, 6.07) is 9.51. The van der Waals surface area contributed by atoms with Crippen LogP contribution in [0.4, 0.5) is 0 Å². The predicted octanol–water partition coefficient (Wildman–Crippen LogP) is 1.95. The van der Waals surface area contributed by atoms with Gasteiger partial charge in [0.05, 0.1) is 0 Å². The summed E-state index contributed by atoms with van der Waals surface area (Å²) in [5.41, 5.74) is 0.988. The Morgan fingerprint density at radius 3 is 2.77 bits per heavy atom. The van der Waals surface area contributed by atoms with E-state index in [9.17, 15) is 4.79 Å². The lowest BCUT2D eigenvalue weighted by atomic mass is 10.2. The van der Waals surface area contributed by atoms with Crippen molar-refractivity contribution in [3.63, 3.8) is 0 Å². The van der Waals surface area contributed by atoms with Crippen LogP contribution in [-0.4, -0.2) is 11.5 Å². The maximum absolute atomic E-state index is 10.2. The van der Waals surface area contributed by atoms with Gasteiger partial charge in [-0.05, 0) is 17.2 Å². The minimum absolute atomic E-state index is 0.335. The van der Waals surface area contributed by atoms with Crippen LogP contribution in [0.15, 0.2) is 35.5 Å². The van der Waals surface area contributed by atoms with Crippen molar-refractivity contribution in [1.29, 1.82) is 0 Å². The number of hydrogen-bond donors (Lipinski definition) is 0. The highest BCUT2D eigenvalue weighted by Crippen LogP contribution is 1.99. The Hall–Kier alpha value is -1.35. The molecule has 0 aliphatic rings. The number of hydrogen-bond acceptors (Lipinski definition) is 3. The van der Waals surface area contributed by atoms with E-state index in [2.05, 4.69) is 5.16 Å². The lowest BCUT2D eigenvalue weighted by molar-refractivity contribution is -0.106. The van der Waals surface area contributed by atoms with Crippen molar-refractivity contribution in [2.75, 3.05) is 0 Å². The Morgan fingerprint density at radius 2 is 2.15 bits per heavy atom. The van der Waals surface area contributed by atoms with E-state index in [1.165, 1.54) is 0 Å². The largest absolute Gasteiger partial charge is 0.391 e. The fourth-order valence-electron chi connectivity index (χ4n) is 0.765. The molecule has 0 fully saturated rings. The van der Waals surface area contributed by atoms with Crippen molar-refractivity contribution in [2.24, 2.45) is 5.16 Å². The molecule has 0 saturated heterocycles. The monoisotopic (exact) mass is 197 g/mol. The molecule has 0 unspecified atom stereocenters. The zero-order valence-corrected chi connectivity index (χ0v) is 7.57. The summed E-state index contributed by atoms with van der Waals surface area (Å²) in [6.45, 7) is 0.335. The number of rotatable bonds is 4. The van der Waals surface area contributed by atoms with Gasteiger partial charge in [-0.2, -0.15) is 0 Å². The van der Waals surface area contributed by atoms with Gasteiger partial charge < -0.3 is 4.84 Å². The quantitative estimate of drug-likeness (QED) is 0.421. The third-order valence-electron chi connectivity index (χ3n) is 1.30. The number of oxime groups is 1. The van der Waals surface area contributed by atoms with Gasteiger partial charge in [-0.25, -0.2) is 0 Å². The topological polar surface area (TPSA) is 38.7 Å². The van der Waals surface area contributed by atoms with Gasteiger partial charge in [0.1, 0.15) is 12.8 Å². The second-order valence-corrected chi connectivity index (χ2v) is 2.67. The van der Waals surface area contributed by atoms with Crippen molar-refractivity contribution in [1.82, 2.24) is 0 Å². The molecule has 1 rings (SSSR count). The number of carbonyl (C=O) groups is 1. The highest BCUT2D eigenvalue weighted by molar-refractivity contribution is 6.77. The molecule has 0 radical (unpaired) electrons. The Balaban J connectivity index is 2.32. The van der Waals surface area contributed by atoms with Gasteiger partial charge in [0, 0.05) is 0 Å². The van der Waals surface area contributed by atoms with Gasteiger partial charge >= 0.3 is 0 Å². The Morgan fingerprint density at radius 1 is 1.46 bits per heavy atom. The molecule has 0 saturated carbocycles. The van der Waals surface area contributed by atoms with Crippen molar-refractivity contribution in [2.45, 2.75) is 6.61 Å². The molecule has 0 heterocycles.